The second kappa shape index (κ2) is 9.84. The average Bonchev–Trinajstić information content (AvgIpc) is 3.22. The summed E-state index contributed by atoms with van der Waals surface area (Å²) in [4.78, 5) is 0. The van der Waals surface area contributed by atoms with Crippen molar-refractivity contribution in [3.8, 4) is 23.7 Å². The van der Waals surface area contributed by atoms with E-state index >= 15 is 0 Å². The van der Waals surface area contributed by atoms with E-state index in [0.717, 1.165) is 17.2 Å². The quantitative estimate of drug-likeness (QED) is 0.391. The molecule has 3 heteroatoms. The number of nitrogens with zero attached hydrogens (tertiary/aromatic N) is 1. The van der Waals surface area contributed by atoms with Crippen LogP contribution in [-0.2, 0) is 6.61 Å². The Hall–Kier alpha value is -2.75. The lowest BCUT2D eigenvalue weighted by atomic mass is 9.84. The molecule has 0 bridgehead atoms. The first-order valence-electron chi connectivity index (χ1n) is 10.8. The van der Waals surface area contributed by atoms with Gasteiger partial charge in [-0.25, -0.2) is 0 Å². The zero-order chi connectivity index (χ0) is 20.8. The standard InChI is InChI=1S/C27H27NOS/c1-2-6-21(15-16-28)22-10-12-24(13-11-22)29-18-20-9-14-27-25(17-20)26(19-30-27)23-7-4-3-5-8-23/h9-14,17,19,21,23H,3-5,7-8,15,18H2,1H3/t21-/m0/s1. The van der Waals surface area contributed by atoms with E-state index in [0.29, 0.717) is 13.0 Å². The normalized spacial score (nSPS) is 15.2. The second-order valence-electron chi connectivity index (χ2n) is 8.02. The summed E-state index contributed by atoms with van der Waals surface area (Å²) in [5.74, 6) is 7.57. The number of nitriles is 1. The molecule has 0 unspecified atom stereocenters. The zero-order valence-corrected chi connectivity index (χ0v) is 18.3. The molecule has 2 aromatic carbocycles. The first-order chi connectivity index (χ1) is 14.8. The molecule has 1 aromatic heterocycles. The van der Waals surface area contributed by atoms with Gasteiger partial charge in [-0.3, -0.25) is 0 Å². The van der Waals surface area contributed by atoms with Gasteiger partial charge in [-0.2, -0.15) is 5.26 Å². The Kier molecular flexibility index (Phi) is 6.73. The molecule has 3 aromatic rings. The van der Waals surface area contributed by atoms with Crippen molar-refractivity contribution in [3.63, 3.8) is 0 Å². The van der Waals surface area contributed by atoms with Gasteiger partial charge in [-0.15, -0.1) is 17.3 Å². The van der Waals surface area contributed by atoms with Gasteiger partial charge < -0.3 is 4.74 Å². The highest BCUT2D eigenvalue weighted by atomic mass is 32.1. The van der Waals surface area contributed by atoms with E-state index in [-0.39, 0.29) is 5.92 Å². The number of hydrogen-bond donors (Lipinski definition) is 0. The molecule has 0 N–H and O–H groups in total. The minimum absolute atomic E-state index is 0.0340. The van der Waals surface area contributed by atoms with E-state index in [1.54, 1.807) is 5.56 Å². The fourth-order valence-corrected chi connectivity index (χ4v) is 5.42. The van der Waals surface area contributed by atoms with Crippen molar-refractivity contribution in [2.24, 2.45) is 0 Å². The van der Waals surface area contributed by atoms with Gasteiger partial charge in [0.2, 0.25) is 0 Å². The largest absolute Gasteiger partial charge is 0.489 e. The van der Waals surface area contributed by atoms with Crippen LogP contribution in [0, 0.1) is 23.2 Å². The molecule has 0 spiro atoms. The number of thiophene rings is 1. The molecule has 1 atom stereocenters. The molecule has 1 saturated carbocycles. The van der Waals surface area contributed by atoms with Gasteiger partial charge in [0.25, 0.3) is 0 Å². The topological polar surface area (TPSA) is 33.0 Å². The molecule has 0 aliphatic heterocycles. The average molecular weight is 414 g/mol. The van der Waals surface area contributed by atoms with E-state index in [1.165, 1.54) is 47.8 Å². The molecule has 30 heavy (non-hydrogen) atoms. The Balaban J connectivity index is 1.45. The number of benzene rings is 2. The maximum absolute atomic E-state index is 9.01. The third kappa shape index (κ3) is 4.69. The van der Waals surface area contributed by atoms with Crippen LogP contribution >= 0.6 is 11.3 Å². The summed E-state index contributed by atoms with van der Waals surface area (Å²) in [6, 6.07) is 17.0. The first kappa shape index (κ1) is 20.5. The van der Waals surface area contributed by atoms with Crippen molar-refractivity contribution in [1.82, 2.24) is 0 Å². The molecular weight excluding hydrogens is 386 g/mol. The van der Waals surface area contributed by atoms with Gasteiger partial charge in [0.15, 0.2) is 0 Å². The Morgan fingerprint density at radius 1 is 1.10 bits per heavy atom. The summed E-state index contributed by atoms with van der Waals surface area (Å²) < 4.78 is 7.44. The zero-order valence-electron chi connectivity index (χ0n) is 17.5. The molecular formula is C27H27NOS. The molecule has 0 radical (unpaired) electrons. The maximum atomic E-state index is 9.01. The van der Waals surface area contributed by atoms with Crippen LogP contribution in [0.3, 0.4) is 0 Å². The smallest absolute Gasteiger partial charge is 0.119 e. The predicted octanol–water partition coefficient (Wildman–Crippen LogP) is 7.55. The van der Waals surface area contributed by atoms with Crippen LogP contribution in [0.2, 0.25) is 0 Å². The van der Waals surface area contributed by atoms with E-state index < -0.39 is 0 Å². The Labute approximate surface area is 183 Å². The highest BCUT2D eigenvalue weighted by molar-refractivity contribution is 7.17. The summed E-state index contributed by atoms with van der Waals surface area (Å²) in [6.45, 7) is 2.37. The monoisotopic (exact) mass is 413 g/mol. The molecule has 4 rings (SSSR count). The summed E-state index contributed by atoms with van der Waals surface area (Å²) in [5.41, 5.74) is 3.82. The van der Waals surface area contributed by atoms with Crippen LogP contribution in [0.25, 0.3) is 10.1 Å². The summed E-state index contributed by atoms with van der Waals surface area (Å²) in [7, 11) is 0. The van der Waals surface area contributed by atoms with Crippen LogP contribution in [0.5, 0.6) is 5.75 Å². The Morgan fingerprint density at radius 3 is 2.63 bits per heavy atom. The van der Waals surface area contributed by atoms with Gasteiger partial charge in [0, 0.05) is 4.70 Å². The molecule has 1 aliphatic rings. The van der Waals surface area contributed by atoms with Crippen molar-refractivity contribution in [3.05, 3.63) is 64.5 Å². The lowest BCUT2D eigenvalue weighted by Crippen LogP contribution is -2.03. The van der Waals surface area contributed by atoms with Crippen LogP contribution in [0.15, 0.2) is 47.8 Å². The van der Waals surface area contributed by atoms with Crippen molar-refractivity contribution in [2.45, 2.75) is 63.9 Å². The second-order valence-corrected chi connectivity index (χ2v) is 8.93. The van der Waals surface area contributed by atoms with Crippen molar-refractivity contribution in [2.75, 3.05) is 0 Å². The van der Waals surface area contributed by atoms with Gasteiger partial charge in [0.1, 0.15) is 12.4 Å². The van der Waals surface area contributed by atoms with Crippen molar-refractivity contribution >= 4 is 21.4 Å². The number of hydrogen-bond acceptors (Lipinski definition) is 3. The van der Waals surface area contributed by atoms with Crippen LogP contribution in [0.4, 0.5) is 0 Å². The van der Waals surface area contributed by atoms with Gasteiger partial charge in [-0.1, -0.05) is 43.4 Å². The predicted molar refractivity (Wildman–Crippen MR) is 125 cm³/mol. The summed E-state index contributed by atoms with van der Waals surface area (Å²) in [5, 5.41) is 12.8. The fourth-order valence-electron chi connectivity index (χ4n) is 4.40. The summed E-state index contributed by atoms with van der Waals surface area (Å²) >= 11 is 1.87. The molecule has 1 fully saturated rings. The number of rotatable bonds is 6. The Bertz CT molecular complexity index is 1090. The lowest BCUT2D eigenvalue weighted by Gasteiger charge is -2.21. The third-order valence-electron chi connectivity index (χ3n) is 6.01. The van der Waals surface area contributed by atoms with Crippen LogP contribution in [-0.4, -0.2) is 0 Å². The lowest BCUT2D eigenvalue weighted by molar-refractivity contribution is 0.306. The minimum Gasteiger partial charge on any atom is -0.489 e. The van der Waals surface area contributed by atoms with Gasteiger partial charge in [0.05, 0.1) is 18.4 Å². The van der Waals surface area contributed by atoms with E-state index in [1.807, 2.05) is 42.5 Å². The van der Waals surface area contributed by atoms with Gasteiger partial charge >= 0.3 is 0 Å². The molecule has 1 aliphatic carbocycles. The molecule has 0 amide bonds. The van der Waals surface area contributed by atoms with Gasteiger partial charge in [-0.05, 0) is 77.4 Å². The molecule has 152 valence electrons. The van der Waals surface area contributed by atoms with Crippen LogP contribution < -0.4 is 4.74 Å². The molecule has 1 heterocycles. The van der Waals surface area contributed by atoms with E-state index in [4.69, 9.17) is 10.00 Å². The van der Waals surface area contributed by atoms with Crippen molar-refractivity contribution in [1.29, 1.82) is 5.26 Å². The SMILES string of the molecule is CC#C[C@@H](CC#N)c1ccc(OCc2ccc3scc(C4CCCCC4)c3c2)cc1. The number of ether oxygens (including phenoxy) is 1. The Morgan fingerprint density at radius 2 is 1.90 bits per heavy atom. The van der Waals surface area contributed by atoms with Crippen molar-refractivity contribution < 1.29 is 4.74 Å². The maximum Gasteiger partial charge on any atom is 0.119 e. The third-order valence-corrected chi connectivity index (χ3v) is 7.00. The van der Waals surface area contributed by atoms with E-state index in [2.05, 4.69) is 41.5 Å². The molecule has 2 nitrogen and oxygen atoms in total. The fraction of sp³-hybridized carbons (Fsp3) is 0.370. The summed E-state index contributed by atoms with van der Waals surface area (Å²) in [6.07, 6.45) is 7.17. The van der Waals surface area contributed by atoms with E-state index in [9.17, 15) is 0 Å². The first-order valence-corrected chi connectivity index (χ1v) is 11.7. The van der Waals surface area contributed by atoms with Crippen LogP contribution in [0.1, 0.15) is 74.0 Å². The highest BCUT2D eigenvalue weighted by Crippen LogP contribution is 2.39. The molecule has 0 saturated heterocycles. The number of fused-ring (bicyclic) bond motifs is 1. The minimum atomic E-state index is -0.0340. The highest BCUT2D eigenvalue weighted by Gasteiger charge is 2.19.